The summed E-state index contributed by atoms with van der Waals surface area (Å²) in [5, 5.41) is 11.6. The minimum absolute atomic E-state index is 0.0826. The largest absolute Gasteiger partial charge is 0.462 e. The van der Waals surface area contributed by atoms with E-state index in [0.29, 0.717) is 36.0 Å². The molecule has 3 aromatic carbocycles. The van der Waals surface area contributed by atoms with E-state index in [1.54, 1.807) is 16.4 Å². The molecule has 2 fully saturated rings. The monoisotopic (exact) mass is 698 g/mol. The number of aromatic nitrogens is 4. The number of hydrogen-bond acceptors (Lipinski definition) is 10. The molecule has 0 aliphatic carbocycles. The quantitative estimate of drug-likeness (QED) is 0.184. The predicted octanol–water partition coefficient (Wildman–Crippen LogP) is 5.88. The summed E-state index contributed by atoms with van der Waals surface area (Å²) in [7, 11) is 2.07. The summed E-state index contributed by atoms with van der Waals surface area (Å²) in [6.45, 7) is 10.4. The molecule has 2 unspecified atom stereocenters. The van der Waals surface area contributed by atoms with Crippen LogP contribution in [0.4, 0.5) is 10.6 Å². The molecule has 12 nitrogen and oxygen atoms in total. The first-order chi connectivity index (χ1) is 25.2. The number of nitriles is 1. The zero-order valence-electron chi connectivity index (χ0n) is 29.8. The number of anilines is 1. The maximum absolute atomic E-state index is 14.7. The van der Waals surface area contributed by atoms with Crippen molar-refractivity contribution in [2.24, 2.45) is 0 Å². The number of likely N-dealkylation sites (tertiary alicyclic amines) is 1. The first-order valence-electron chi connectivity index (χ1n) is 17.6. The van der Waals surface area contributed by atoms with Gasteiger partial charge in [-0.05, 0) is 62.9 Å². The topological polar surface area (TPSA) is 130 Å². The molecule has 5 aromatic rings. The van der Waals surface area contributed by atoms with Crippen molar-refractivity contribution >= 4 is 39.3 Å². The van der Waals surface area contributed by atoms with Gasteiger partial charge in [0, 0.05) is 31.1 Å². The zero-order chi connectivity index (χ0) is 36.4. The molecule has 7 rings (SSSR count). The summed E-state index contributed by atoms with van der Waals surface area (Å²) >= 11 is 0. The Bertz CT molecular complexity index is 2240. The van der Waals surface area contributed by atoms with E-state index in [1.807, 2.05) is 78.6 Å². The number of fused-ring (bicyclic) bond motifs is 2. The van der Waals surface area contributed by atoms with Crippen molar-refractivity contribution < 1.29 is 14.3 Å². The summed E-state index contributed by atoms with van der Waals surface area (Å²) in [6, 6.07) is 23.4. The first-order valence-corrected chi connectivity index (χ1v) is 17.6. The lowest BCUT2D eigenvalue weighted by Gasteiger charge is -2.40. The minimum Gasteiger partial charge on any atom is -0.462 e. The third-order valence-electron chi connectivity index (χ3n) is 10.1. The second-order valence-electron chi connectivity index (χ2n) is 13.6. The smallest absolute Gasteiger partial charge is 0.410 e. The average molecular weight is 699 g/mol. The Morgan fingerprint density at radius 2 is 1.77 bits per heavy atom. The highest BCUT2D eigenvalue weighted by Gasteiger charge is 2.34. The van der Waals surface area contributed by atoms with Gasteiger partial charge < -0.3 is 24.2 Å². The molecule has 266 valence electrons. The molecule has 0 bridgehead atoms. The second kappa shape index (κ2) is 14.8. The van der Waals surface area contributed by atoms with E-state index < -0.39 is 12.1 Å². The number of piperazine rings is 1. The fourth-order valence-corrected chi connectivity index (χ4v) is 7.30. The molecule has 52 heavy (non-hydrogen) atoms. The molecule has 2 aromatic heterocycles. The van der Waals surface area contributed by atoms with Crippen molar-refractivity contribution in [3.05, 3.63) is 101 Å². The van der Waals surface area contributed by atoms with E-state index in [2.05, 4.69) is 24.6 Å². The second-order valence-corrected chi connectivity index (χ2v) is 13.6. The molecule has 0 spiro atoms. The van der Waals surface area contributed by atoms with Crippen molar-refractivity contribution in [1.82, 2.24) is 29.3 Å². The normalized spacial score (nSPS) is 17.7. The van der Waals surface area contributed by atoms with E-state index in [-0.39, 0.29) is 49.2 Å². The Labute approximate surface area is 302 Å². The first kappa shape index (κ1) is 34.6. The number of carbonyl (C=O) groups excluding carboxylic acids is 1. The van der Waals surface area contributed by atoms with E-state index >= 15 is 0 Å². The number of ether oxygens (including phenoxy) is 2. The van der Waals surface area contributed by atoms with Gasteiger partial charge >= 0.3 is 12.1 Å². The van der Waals surface area contributed by atoms with E-state index in [1.165, 1.54) is 0 Å². The number of likely N-dealkylation sites (N-methyl/N-ethyl adjacent to an activating group) is 1. The molecule has 0 N–H and O–H groups in total. The molecule has 2 aliphatic heterocycles. The summed E-state index contributed by atoms with van der Waals surface area (Å²) in [6.07, 6.45) is 1.68. The van der Waals surface area contributed by atoms with Crippen LogP contribution in [0.1, 0.15) is 43.1 Å². The van der Waals surface area contributed by atoms with Crippen LogP contribution in [-0.4, -0.2) is 87.3 Å². The summed E-state index contributed by atoms with van der Waals surface area (Å²) in [5.41, 5.74) is 3.48. The van der Waals surface area contributed by atoms with Gasteiger partial charge in [-0.3, -0.25) is 9.36 Å². The van der Waals surface area contributed by atoms with Gasteiger partial charge in [0.1, 0.15) is 24.6 Å². The molecular formula is C40H42N8O4. The molecule has 2 atom stereocenters. The lowest BCUT2D eigenvalue weighted by molar-refractivity contribution is 0.0768. The van der Waals surface area contributed by atoms with E-state index in [9.17, 15) is 14.9 Å². The van der Waals surface area contributed by atoms with Crippen LogP contribution in [0.5, 0.6) is 6.01 Å². The van der Waals surface area contributed by atoms with Gasteiger partial charge in [-0.15, -0.1) is 0 Å². The maximum Gasteiger partial charge on any atom is 0.410 e. The SMILES string of the molecule is C=C(C)c1cccc2cccc(-n3c(C)nc4c(N5CCN(C(=O)OCc6ccccc6)C(CC#N)C5)nc(OCC5CCCN5C)nc4c3=O)c12. The summed E-state index contributed by atoms with van der Waals surface area (Å²) in [5.74, 6) is 0.886. The van der Waals surface area contributed by atoms with E-state index in [0.717, 1.165) is 46.9 Å². The molecule has 4 heterocycles. The Balaban J connectivity index is 1.29. The molecule has 2 saturated heterocycles. The predicted molar refractivity (Wildman–Crippen MR) is 201 cm³/mol. The third-order valence-corrected chi connectivity index (χ3v) is 10.1. The van der Waals surface area contributed by atoms with Gasteiger partial charge in [-0.1, -0.05) is 72.8 Å². The Hall–Kier alpha value is -5.80. The number of rotatable bonds is 9. The van der Waals surface area contributed by atoms with Crippen LogP contribution in [0.3, 0.4) is 0 Å². The number of carbonyl (C=O) groups is 1. The van der Waals surface area contributed by atoms with Crippen LogP contribution in [0.25, 0.3) is 33.1 Å². The van der Waals surface area contributed by atoms with Gasteiger partial charge in [0.05, 0.1) is 24.2 Å². The molecule has 0 radical (unpaired) electrons. The number of benzene rings is 3. The highest BCUT2D eigenvalue weighted by atomic mass is 16.6. The average Bonchev–Trinajstić information content (AvgIpc) is 3.57. The van der Waals surface area contributed by atoms with Crippen LogP contribution in [0.15, 0.2) is 78.1 Å². The van der Waals surface area contributed by atoms with Crippen molar-refractivity contribution in [2.45, 2.75) is 51.8 Å². The van der Waals surface area contributed by atoms with Crippen LogP contribution < -0.4 is 15.2 Å². The molecule has 2 aliphatic rings. The summed E-state index contributed by atoms with van der Waals surface area (Å²) in [4.78, 5) is 48.3. The number of amides is 1. The molecular weight excluding hydrogens is 656 g/mol. The number of hydrogen-bond donors (Lipinski definition) is 0. The van der Waals surface area contributed by atoms with Gasteiger partial charge in [-0.25, -0.2) is 9.78 Å². The number of aryl methyl sites for hydroxylation is 1. The fourth-order valence-electron chi connectivity index (χ4n) is 7.30. The van der Waals surface area contributed by atoms with E-state index in [4.69, 9.17) is 24.4 Å². The fraction of sp³-hybridized carbons (Fsp3) is 0.350. The van der Waals surface area contributed by atoms with Gasteiger partial charge in [-0.2, -0.15) is 15.2 Å². The Kier molecular flexibility index (Phi) is 9.87. The van der Waals surface area contributed by atoms with Crippen molar-refractivity contribution in [1.29, 1.82) is 5.26 Å². The van der Waals surface area contributed by atoms with Crippen LogP contribution in [-0.2, 0) is 11.3 Å². The molecule has 0 saturated carbocycles. The van der Waals surface area contributed by atoms with Gasteiger partial charge in [0.2, 0.25) is 0 Å². The number of allylic oxidation sites excluding steroid dienone is 1. The minimum atomic E-state index is -0.485. The van der Waals surface area contributed by atoms with Gasteiger partial charge in [0.15, 0.2) is 11.3 Å². The third kappa shape index (κ3) is 6.79. The van der Waals surface area contributed by atoms with Crippen LogP contribution in [0, 0.1) is 18.3 Å². The van der Waals surface area contributed by atoms with Gasteiger partial charge in [0.25, 0.3) is 5.56 Å². The molecule has 12 heteroatoms. The highest BCUT2D eigenvalue weighted by Crippen LogP contribution is 2.32. The molecule has 1 amide bonds. The van der Waals surface area contributed by atoms with Crippen molar-refractivity contribution in [3.63, 3.8) is 0 Å². The van der Waals surface area contributed by atoms with Crippen molar-refractivity contribution in [3.8, 4) is 17.8 Å². The van der Waals surface area contributed by atoms with Crippen LogP contribution >= 0.6 is 0 Å². The Morgan fingerprint density at radius 3 is 2.50 bits per heavy atom. The van der Waals surface area contributed by atoms with Crippen LogP contribution in [0.2, 0.25) is 0 Å². The maximum atomic E-state index is 14.7. The lowest BCUT2D eigenvalue weighted by Crippen LogP contribution is -2.55. The zero-order valence-corrected chi connectivity index (χ0v) is 29.8. The standard InChI is InChI=1S/C40H42N8O4/c1-26(2)32-16-8-13-29-14-9-17-33(34(29)32)48-27(3)42-35-36(38(48)49)43-39(51-25-31-15-10-20-45(31)4)44-37(35)46-21-22-47(30(23-46)18-19-41)40(50)52-24-28-11-6-5-7-12-28/h5-9,11-14,16-17,30-31H,1,10,15,18,20-25H2,2-4H3. The Morgan fingerprint density at radius 1 is 0.981 bits per heavy atom. The highest BCUT2D eigenvalue weighted by molar-refractivity contribution is 5.99. The number of nitrogens with zero attached hydrogens (tertiary/aromatic N) is 8. The lowest BCUT2D eigenvalue weighted by atomic mass is 9.98. The summed E-state index contributed by atoms with van der Waals surface area (Å²) < 4.78 is 13.5. The van der Waals surface area contributed by atoms with Crippen molar-refractivity contribution in [2.75, 3.05) is 44.7 Å².